The lowest BCUT2D eigenvalue weighted by Gasteiger charge is -2.19. The van der Waals surface area contributed by atoms with E-state index < -0.39 is 27.6 Å². The minimum Gasteiger partial charge on any atom is -0.333 e. The Balaban J connectivity index is 1.66. The highest BCUT2D eigenvalue weighted by atomic mass is 32.2. The molecular weight excluding hydrogens is 482 g/mol. The average Bonchev–Trinajstić information content (AvgIpc) is 3.44. The van der Waals surface area contributed by atoms with Crippen molar-refractivity contribution in [1.82, 2.24) is 10.1 Å². The van der Waals surface area contributed by atoms with Gasteiger partial charge in [-0.05, 0) is 48.2 Å². The number of nitrogens with zero attached hydrogens (tertiary/aromatic N) is 3. The van der Waals surface area contributed by atoms with Crippen molar-refractivity contribution < 1.29 is 30.5 Å². The molecule has 2 aromatic heterocycles. The van der Waals surface area contributed by atoms with Crippen LogP contribution >= 0.6 is 11.3 Å². The van der Waals surface area contributed by atoms with Crippen LogP contribution in [0.15, 0.2) is 63.3 Å². The smallest absolute Gasteiger partial charge is 0.333 e. The number of alkyl halides is 3. The number of rotatable bonds is 5. The van der Waals surface area contributed by atoms with Crippen molar-refractivity contribution in [1.29, 1.82) is 0 Å². The summed E-state index contributed by atoms with van der Waals surface area (Å²) in [5.41, 5.74) is -0.0444. The number of aromatic nitrogens is 2. The number of sulfonamides is 1. The van der Waals surface area contributed by atoms with E-state index in [2.05, 4.69) is 10.1 Å². The molecule has 2 heterocycles. The van der Waals surface area contributed by atoms with Gasteiger partial charge in [-0.25, -0.2) is 12.8 Å². The number of hydrogen-bond donors (Lipinski definition) is 0. The first-order valence-electron chi connectivity index (χ1n) is 9.33. The van der Waals surface area contributed by atoms with E-state index in [0.717, 1.165) is 33.8 Å². The highest BCUT2D eigenvalue weighted by Gasteiger charge is 2.31. The molecule has 4 rings (SSSR count). The molecule has 0 aliphatic carbocycles. The van der Waals surface area contributed by atoms with Gasteiger partial charge in [0.25, 0.3) is 15.9 Å². The Bertz CT molecular complexity index is 1410. The average molecular weight is 497 g/mol. The molecule has 0 spiro atoms. The highest BCUT2D eigenvalue weighted by molar-refractivity contribution is 7.93. The molecule has 6 nitrogen and oxygen atoms in total. The van der Waals surface area contributed by atoms with Gasteiger partial charge >= 0.3 is 6.18 Å². The Kier molecular flexibility index (Phi) is 5.74. The molecule has 172 valence electrons. The van der Waals surface area contributed by atoms with E-state index in [1.807, 2.05) is 0 Å². The van der Waals surface area contributed by atoms with Gasteiger partial charge in [-0.2, -0.15) is 18.2 Å². The van der Waals surface area contributed by atoms with Crippen molar-refractivity contribution in [3.63, 3.8) is 0 Å². The fourth-order valence-corrected chi connectivity index (χ4v) is 5.46. The van der Waals surface area contributed by atoms with Gasteiger partial charge in [-0.1, -0.05) is 23.4 Å². The molecule has 0 aliphatic rings. The second-order valence-electron chi connectivity index (χ2n) is 7.02. The number of halogens is 4. The van der Waals surface area contributed by atoms with Gasteiger partial charge in [0.05, 0.1) is 11.3 Å². The van der Waals surface area contributed by atoms with E-state index in [-0.39, 0.29) is 32.7 Å². The molecule has 2 aromatic carbocycles. The number of aryl methyl sites for hydroxylation is 1. The molecule has 0 fully saturated rings. The summed E-state index contributed by atoms with van der Waals surface area (Å²) in [4.78, 5) is 4.18. The normalized spacial score (nSPS) is 12.2. The van der Waals surface area contributed by atoms with Crippen molar-refractivity contribution >= 4 is 27.0 Å². The number of hydrogen-bond acceptors (Lipinski definition) is 6. The maximum Gasteiger partial charge on any atom is 0.416 e. The zero-order chi connectivity index (χ0) is 24.0. The minimum atomic E-state index is -4.48. The minimum absolute atomic E-state index is 0.00410. The Hall–Kier alpha value is -3.25. The fraction of sp³-hybridized carbons (Fsp3) is 0.143. The summed E-state index contributed by atoms with van der Waals surface area (Å²) in [6.45, 7) is 1.56. The predicted octanol–water partition coefficient (Wildman–Crippen LogP) is 5.76. The second kappa shape index (κ2) is 8.27. The van der Waals surface area contributed by atoms with Gasteiger partial charge in [0.15, 0.2) is 0 Å². The van der Waals surface area contributed by atoms with Gasteiger partial charge in [0.1, 0.15) is 15.6 Å². The zero-order valence-corrected chi connectivity index (χ0v) is 18.7. The zero-order valence-electron chi connectivity index (χ0n) is 17.1. The number of benzene rings is 2. The molecule has 0 aliphatic heterocycles. The van der Waals surface area contributed by atoms with Crippen LogP contribution < -0.4 is 4.31 Å². The first-order valence-corrected chi connectivity index (χ1v) is 11.6. The van der Waals surface area contributed by atoms with E-state index in [1.54, 1.807) is 6.92 Å². The molecule has 0 atom stereocenters. The first-order chi connectivity index (χ1) is 15.5. The summed E-state index contributed by atoms with van der Waals surface area (Å²) in [6, 6.07) is 9.61. The summed E-state index contributed by atoms with van der Waals surface area (Å²) in [5.74, 6) is -0.649. The number of thiophene rings is 1. The van der Waals surface area contributed by atoms with E-state index in [0.29, 0.717) is 5.56 Å². The van der Waals surface area contributed by atoms with E-state index in [4.69, 9.17) is 4.52 Å². The SMILES string of the molecule is Cc1ccc(N(C)S(=O)(=O)c2ccsc2-c2nc(-c3ccc(C(F)(F)F)cc3)no2)cc1F. The summed E-state index contributed by atoms with van der Waals surface area (Å²) in [7, 11) is -2.82. The van der Waals surface area contributed by atoms with Crippen molar-refractivity contribution in [3.8, 4) is 22.2 Å². The van der Waals surface area contributed by atoms with E-state index >= 15 is 0 Å². The van der Waals surface area contributed by atoms with E-state index in [1.165, 1.54) is 42.8 Å². The first kappa shape index (κ1) is 22.9. The largest absolute Gasteiger partial charge is 0.416 e. The topological polar surface area (TPSA) is 76.3 Å². The highest BCUT2D eigenvalue weighted by Crippen LogP contribution is 2.36. The van der Waals surface area contributed by atoms with Gasteiger partial charge < -0.3 is 4.52 Å². The number of anilines is 1. The summed E-state index contributed by atoms with van der Waals surface area (Å²) >= 11 is 1.04. The Morgan fingerprint density at radius 1 is 1.06 bits per heavy atom. The molecule has 12 heteroatoms. The summed E-state index contributed by atoms with van der Waals surface area (Å²) in [6.07, 6.45) is -4.48. The van der Waals surface area contributed by atoms with Crippen LogP contribution in [0.25, 0.3) is 22.2 Å². The Morgan fingerprint density at radius 3 is 2.39 bits per heavy atom. The third kappa shape index (κ3) is 4.35. The van der Waals surface area contributed by atoms with Gasteiger partial charge in [-0.3, -0.25) is 4.31 Å². The van der Waals surface area contributed by atoms with Crippen LogP contribution in [-0.4, -0.2) is 25.6 Å². The molecule has 4 aromatic rings. The van der Waals surface area contributed by atoms with Crippen LogP contribution in [-0.2, 0) is 16.2 Å². The van der Waals surface area contributed by atoms with Gasteiger partial charge in [-0.15, -0.1) is 11.3 Å². The van der Waals surface area contributed by atoms with Crippen LogP contribution in [0, 0.1) is 12.7 Å². The third-order valence-electron chi connectivity index (χ3n) is 4.88. The fourth-order valence-electron chi connectivity index (χ4n) is 2.96. The van der Waals surface area contributed by atoms with Crippen molar-refractivity contribution in [2.75, 3.05) is 11.4 Å². The third-order valence-corrected chi connectivity index (χ3v) is 7.74. The quantitative estimate of drug-likeness (QED) is 0.328. The Labute approximate surface area is 190 Å². The summed E-state index contributed by atoms with van der Waals surface area (Å²) < 4.78 is 84.8. The van der Waals surface area contributed by atoms with Crippen molar-refractivity contribution in [2.45, 2.75) is 18.0 Å². The van der Waals surface area contributed by atoms with Crippen LogP contribution in [0.4, 0.5) is 23.2 Å². The lowest BCUT2D eigenvalue weighted by molar-refractivity contribution is -0.137. The van der Waals surface area contributed by atoms with Crippen LogP contribution in [0.5, 0.6) is 0 Å². The second-order valence-corrected chi connectivity index (χ2v) is 9.87. The molecule has 0 N–H and O–H groups in total. The lowest BCUT2D eigenvalue weighted by atomic mass is 10.1. The van der Waals surface area contributed by atoms with Crippen LogP contribution in [0.1, 0.15) is 11.1 Å². The van der Waals surface area contributed by atoms with E-state index in [9.17, 15) is 26.0 Å². The monoisotopic (exact) mass is 497 g/mol. The molecule has 0 saturated heterocycles. The summed E-state index contributed by atoms with van der Waals surface area (Å²) in [5, 5.41) is 5.28. The molecule has 33 heavy (non-hydrogen) atoms. The van der Waals surface area contributed by atoms with Crippen LogP contribution in [0.2, 0.25) is 0 Å². The van der Waals surface area contributed by atoms with Crippen molar-refractivity contribution in [3.05, 3.63) is 70.9 Å². The molecule has 0 radical (unpaired) electrons. The maximum absolute atomic E-state index is 14.0. The van der Waals surface area contributed by atoms with Crippen LogP contribution in [0.3, 0.4) is 0 Å². The standard InChI is InChI=1S/C21H15F4N3O3S2/c1-12-3-8-15(11-16(12)22)28(2)33(29,30)17-9-10-32-18(17)20-26-19(27-31-20)13-4-6-14(7-5-13)21(23,24)25/h3-11H,1-2H3. The van der Waals surface area contributed by atoms with Gasteiger partial charge in [0.2, 0.25) is 5.82 Å². The molecule has 0 bridgehead atoms. The lowest BCUT2D eigenvalue weighted by Crippen LogP contribution is -2.26. The molecule has 0 amide bonds. The van der Waals surface area contributed by atoms with Crippen molar-refractivity contribution in [2.24, 2.45) is 0 Å². The maximum atomic E-state index is 14.0. The molecule has 0 saturated carbocycles. The molecular formula is C21H15F4N3O3S2. The molecule has 0 unspecified atom stereocenters. The Morgan fingerprint density at radius 2 is 1.76 bits per heavy atom. The predicted molar refractivity (Wildman–Crippen MR) is 115 cm³/mol. The van der Waals surface area contributed by atoms with Gasteiger partial charge in [0, 0.05) is 12.6 Å².